The molecule has 1 aliphatic rings. The normalized spacial score (nSPS) is 25.1. The van der Waals surface area contributed by atoms with Crippen molar-refractivity contribution in [2.75, 3.05) is 12.3 Å². The van der Waals surface area contributed by atoms with Crippen LogP contribution in [-0.4, -0.2) is 42.9 Å². The summed E-state index contributed by atoms with van der Waals surface area (Å²) in [4.78, 5) is 12.5. The minimum absolute atomic E-state index is 0.240. The fraction of sp³-hybridized carbons (Fsp3) is 0.316. The molecule has 3 N–H and O–H groups in total. The maximum atomic E-state index is 10.0. The van der Waals surface area contributed by atoms with E-state index < -0.39 is 11.8 Å². The van der Waals surface area contributed by atoms with Crippen LogP contribution in [0.3, 0.4) is 0 Å². The van der Waals surface area contributed by atoms with Gasteiger partial charge in [-0.1, -0.05) is 36.4 Å². The number of anilines is 1. The number of aliphatic hydroxyl groups is 1. The number of nitrogens with zero attached hydrogens (tertiary/aromatic N) is 4. The summed E-state index contributed by atoms with van der Waals surface area (Å²) in [6.45, 7) is 4.02. The third-order valence-corrected chi connectivity index (χ3v) is 4.90. The fourth-order valence-corrected chi connectivity index (χ4v) is 3.37. The third kappa shape index (κ3) is 3.08. The molecule has 0 saturated carbocycles. The quantitative estimate of drug-likeness (QED) is 0.640. The molecule has 1 saturated heterocycles. The SMILES string of the molecule is C=C[C@]1(CO)O[C@@H](n2cnc3c(N)ncnc32)C[C@@H]1OCc1ccccc1. The molecular weight excluding hydrogens is 346 g/mol. The van der Waals surface area contributed by atoms with Crippen molar-refractivity contribution in [1.29, 1.82) is 0 Å². The highest BCUT2D eigenvalue weighted by molar-refractivity contribution is 5.81. The summed E-state index contributed by atoms with van der Waals surface area (Å²) in [5.74, 6) is 0.311. The molecule has 0 bridgehead atoms. The van der Waals surface area contributed by atoms with Gasteiger partial charge in [0.05, 0.1) is 25.6 Å². The van der Waals surface area contributed by atoms with Gasteiger partial charge in [-0.25, -0.2) is 15.0 Å². The topological polar surface area (TPSA) is 108 Å². The summed E-state index contributed by atoms with van der Waals surface area (Å²) in [6.07, 6.45) is 4.32. The van der Waals surface area contributed by atoms with Gasteiger partial charge < -0.3 is 20.3 Å². The Hall–Kier alpha value is -2.81. The number of aromatic nitrogens is 4. The lowest BCUT2D eigenvalue weighted by atomic mass is 9.97. The molecular formula is C19H21N5O3. The van der Waals surface area contributed by atoms with Crippen molar-refractivity contribution >= 4 is 17.0 Å². The number of nitrogens with two attached hydrogens (primary N) is 1. The molecule has 0 aliphatic carbocycles. The van der Waals surface area contributed by atoms with Gasteiger partial charge >= 0.3 is 0 Å². The van der Waals surface area contributed by atoms with E-state index in [4.69, 9.17) is 15.2 Å². The standard InChI is InChI=1S/C19H21N5O3/c1-2-19(10-25)14(26-9-13-6-4-3-5-7-13)8-15(27-19)24-12-23-16-17(20)21-11-22-18(16)24/h2-7,11-12,14-15,25H,1,8-10H2,(H2,20,21,22)/t14-,15+,19+/m0/s1. The molecule has 27 heavy (non-hydrogen) atoms. The number of benzene rings is 1. The average molecular weight is 367 g/mol. The zero-order chi connectivity index (χ0) is 18.9. The number of nitrogen functional groups attached to an aromatic ring is 1. The molecule has 8 nitrogen and oxygen atoms in total. The van der Waals surface area contributed by atoms with Gasteiger partial charge in [-0.2, -0.15) is 0 Å². The second kappa shape index (κ2) is 7.07. The lowest BCUT2D eigenvalue weighted by Crippen LogP contribution is -2.42. The first kappa shape index (κ1) is 17.6. The van der Waals surface area contributed by atoms with Crippen molar-refractivity contribution in [1.82, 2.24) is 19.5 Å². The summed E-state index contributed by atoms with van der Waals surface area (Å²) in [7, 11) is 0. The van der Waals surface area contributed by atoms with E-state index in [0.29, 0.717) is 30.0 Å². The molecule has 0 radical (unpaired) electrons. The zero-order valence-electron chi connectivity index (χ0n) is 14.7. The lowest BCUT2D eigenvalue weighted by molar-refractivity contribution is -0.113. The molecule has 3 heterocycles. The lowest BCUT2D eigenvalue weighted by Gasteiger charge is -2.29. The van der Waals surface area contributed by atoms with E-state index >= 15 is 0 Å². The van der Waals surface area contributed by atoms with Gasteiger partial charge in [-0.15, -0.1) is 6.58 Å². The predicted molar refractivity (Wildman–Crippen MR) is 99.5 cm³/mol. The van der Waals surface area contributed by atoms with E-state index in [-0.39, 0.29) is 12.7 Å². The van der Waals surface area contributed by atoms with Crippen molar-refractivity contribution in [2.45, 2.75) is 31.0 Å². The molecule has 3 atom stereocenters. The Balaban J connectivity index is 1.60. The van der Waals surface area contributed by atoms with Crippen LogP contribution in [0.5, 0.6) is 0 Å². The van der Waals surface area contributed by atoms with Gasteiger partial charge in [0, 0.05) is 6.42 Å². The predicted octanol–water partition coefficient (Wildman–Crippen LogP) is 1.83. The second-order valence-corrected chi connectivity index (χ2v) is 6.49. The van der Waals surface area contributed by atoms with Crippen LogP contribution in [0.25, 0.3) is 11.2 Å². The van der Waals surface area contributed by atoms with E-state index in [0.717, 1.165) is 5.56 Å². The van der Waals surface area contributed by atoms with Crippen LogP contribution >= 0.6 is 0 Å². The first-order valence-corrected chi connectivity index (χ1v) is 8.67. The fourth-order valence-electron chi connectivity index (χ4n) is 3.37. The van der Waals surface area contributed by atoms with Gasteiger partial charge in [0.1, 0.15) is 23.7 Å². The van der Waals surface area contributed by atoms with E-state index in [1.165, 1.54) is 6.33 Å². The molecule has 1 aromatic carbocycles. The summed E-state index contributed by atoms with van der Waals surface area (Å²) >= 11 is 0. The van der Waals surface area contributed by atoms with Crippen LogP contribution in [0.4, 0.5) is 5.82 Å². The van der Waals surface area contributed by atoms with Crippen molar-refractivity contribution in [2.24, 2.45) is 0 Å². The van der Waals surface area contributed by atoms with E-state index in [1.54, 1.807) is 17.0 Å². The molecule has 0 unspecified atom stereocenters. The first-order valence-electron chi connectivity index (χ1n) is 8.67. The number of aliphatic hydroxyl groups excluding tert-OH is 1. The Labute approximate surface area is 156 Å². The van der Waals surface area contributed by atoms with E-state index in [1.807, 2.05) is 30.3 Å². The maximum absolute atomic E-state index is 10.0. The molecule has 0 spiro atoms. The van der Waals surface area contributed by atoms with Gasteiger partial charge in [0.15, 0.2) is 11.5 Å². The molecule has 4 rings (SSSR count). The van der Waals surface area contributed by atoms with Crippen LogP contribution in [-0.2, 0) is 16.1 Å². The van der Waals surface area contributed by atoms with Gasteiger partial charge in [-0.05, 0) is 5.56 Å². The number of fused-ring (bicyclic) bond motifs is 1. The van der Waals surface area contributed by atoms with Crippen molar-refractivity contribution < 1.29 is 14.6 Å². The monoisotopic (exact) mass is 367 g/mol. The van der Waals surface area contributed by atoms with Crippen molar-refractivity contribution in [3.05, 3.63) is 61.2 Å². The molecule has 140 valence electrons. The van der Waals surface area contributed by atoms with Crippen LogP contribution < -0.4 is 5.73 Å². The molecule has 1 fully saturated rings. The first-order chi connectivity index (χ1) is 13.2. The summed E-state index contributed by atoms with van der Waals surface area (Å²) in [6, 6.07) is 9.86. The van der Waals surface area contributed by atoms with Crippen LogP contribution in [0.15, 0.2) is 55.6 Å². The Morgan fingerprint density at radius 1 is 1.33 bits per heavy atom. The highest BCUT2D eigenvalue weighted by Crippen LogP contribution is 2.40. The van der Waals surface area contributed by atoms with E-state index in [9.17, 15) is 5.11 Å². The maximum Gasteiger partial charge on any atom is 0.167 e. The molecule has 3 aromatic rings. The third-order valence-electron chi connectivity index (χ3n) is 4.90. The highest BCUT2D eigenvalue weighted by Gasteiger charge is 2.48. The van der Waals surface area contributed by atoms with Gasteiger partial charge in [0.25, 0.3) is 0 Å². The molecule has 2 aromatic heterocycles. The van der Waals surface area contributed by atoms with Crippen LogP contribution in [0, 0.1) is 0 Å². The minimum Gasteiger partial charge on any atom is -0.393 e. The number of hydrogen-bond donors (Lipinski definition) is 2. The summed E-state index contributed by atoms with van der Waals surface area (Å²) in [5, 5.41) is 10.0. The molecule has 1 aliphatic heterocycles. The number of hydrogen-bond acceptors (Lipinski definition) is 7. The van der Waals surface area contributed by atoms with E-state index in [2.05, 4.69) is 21.5 Å². The smallest absolute Gasteiger partial charge is 0.167 e. The Morgan fingerprint density at radius 2 is 2.15 bits per heavy atom. The number of rotatable bonds is 6. The number of ether oxygens (including phenoxy) is 2. The Morgan fingerprint density at radius 3 is 2.89 bits per heavy atom. The molecule has 8 heteroatoms. The highest BCUT2D eigenvalue weighted by atomic mass is 16.6. The summed E-state index contributed by atoms with van der Waals surface area (Å²) in [5.41, 5.74) is 7.00. The van der Waals surface area contributed by atoms with Crippen molar-refractivity contribution in [3.8, 4) is 0 Å². The van der Waals surface area contributed by atoms with Crippen LogP contribution in [0.2, 0.25) is 0 Å². The Bertz CT molecular complexity index is 945. The Kier molecular flexibility index (Phi) is 4.61. The molecule has 0 amide bonds. The largest absolute Gasteiger partial charge is 0.393 e. The van der Waals surface area contributed by atoms with Gasteiger partial charge in [-0.3, -0.25) is 4.57 Å². The van der Waals surface area contributed by atoms with Gasteiger partial charge in [0.2, 0.25) is 0 Å². The average Bonchev–Trinajstić information content (AvgIpc) is 3.30. The second-order valence-electron chi connectivity index (χ2n) is 6.49. The summed E-state index contributed by atoms with van der Waals surface area (Å²) < 4.78 is 14.1. The minimum atomic E-state index is -1.01. The zero-order valence-corrected chi connectivity index (χ0v) is 14.7. The number of imidazole rings is 1. The van der Waals surface area contributed by atoms with Crippen molar-refractivity contribution in [3.63, 3.8) is 0 Å². The van der Waals surface area contributed by atoms with Crippen LogP contribution in [0.1, 0.15) is 18.2 Å².